The molecule has 5 amide bonds. The average molecular weight is 635 g/mol. The fourth-order valence-electron chi connectivity index (χ4n) is 5.89. The Balaban J connectivity index is 2.30. The summed E-state index contributed by atoms with van der Waals surface area (Å²) in [5.41, 5.74) is 0. The quantitative estimate of drug-likeness (QED) is 0.227. The largest absolute Gasteiger partial charge is 0.499 e. The van der Waals surface area contributed by atoms with Crippen LogP contribution in [0.3, 0.4) is 0 Å². The topological polar surface area (TPSA) is 143 Å². The lowest BCUT2D eigenvalue weighted by Crippen LogP contribution is -2.58. The number of likely N-dealkylation sites (N-methyl/N-ethyl adjacent to an activating group) is 1. The molecule has 0 radical (unpaired) electrons. The number of rotatable bonds is 14. The van der Waals surface area contributed by atoms with Gasteiger partial charge in [0.25, 0.3) is 17.7 Å². The number of ether oxygens (including phenoxy) is 2. The zero-order valence-electron chi connectivity index (χ0n) is 28.9. The standard InChI is InChI=1S/C33H54N4O8/c1-12-21(8)29(45-33(43)24(16-18(2)3)35(10)22(9)38)30(40)34-27(19(4)5)32(42)36-15-13-14-23(36)31(41)37-26(39)17-25(44-11)28(37)20(6)7/h17-21,23-24,27-29H,12-16H2,1-11H3,(H,34,40)/t21?,23-,24-,27-,28-,29-/m0/s1. The number of nitrogens with one attached hydrogen (secondary N) is 1. The number of amides is 5. The zero-order chi connectivity index (χ0) is 34.3. The van der Waals surface area contributed by atoms with Crippen molar-refractivity contribution in [1.29, 1.82) is 0 Å². The maximum atomic E-state index is 14.0. The van der Waals surface area contributed by atoms with Crippen molar-refractivity contribution in [2.75, 3.05) is 20.7 Å². The summed E-state index contributed by atoms with van der Waals surface area (Å²) in [4.78, 5) is 83.9. The van der Waals surface area contributed by atoms with E-state index in [9.17, 15) is 28.8 Å². The van der Waals surface area contributed by atoms with E-state index in [0.29, 0.717) is 38.0 Å². The first-order valence-electron chi connectivity index (χ1n) is 16.2. The number of esters is 1. The molecular weight excluding hydrogens is 580 g/mol. The van der Waals surface area contributed by atoms with Crippen molar-refractivity contribution in [2.24, 2.45) is 23.7 Å². The number of methoxy groups -OCH3 is 1. The van der Waals surface area contributed by atoms with E-state index in [1.54, 1.807) is 20.8 Å². The van der Waals surface area contributed by atoms with Crippen LogP contribution in [0.25, 0.3) is 0 Å². The summed E-state index contributed by atoms with van der Waals surface area (Å²) in [6.45, 7) is 16.5. The molecule has 12 heteroatoms. The van der Waals surface area contributed by atoms with Gasteiger partial charge in [-0.15, -0.1) is 0 Å². The first-order valence-corrected chi connectivity index (χ1v) is 16.2. The molecule has 1 N–H and O–H groups in total. The van der Waals surface area contributed by atoms with Gasteiger partial charge in [0.05, 0.1) is 13.2 Å². The van der Waals surface area contributed by atoms with Gasteiger partial charge in [0.15, 0.2) is 6.10 Å². The SMILES string of the molecule is CCC(C)[C@H](OC(=O)[C@H](CC(C)C)N(C)C(C)=O)C(=O)N[C@H](C(=O)N1CCC[C@H]1C(=O)N1C(=O)C=C(OC)[C@@H]1C(C)C)C(C)C. The molecule has 2 rings (SSSR count). The summed E-state index contributed by atoms with van der Waals surface area (Å²) in [5.74, 6) is -3.34. The van der Waals surface area contributed by atoms with Gasteiger partial charge in [-0.2, -0.15) is 0 Å². The molecule has 45 heavy (non-hydrogen) atoms. The van der Waals surface area contributed by atoms with Crippen LogP contribution in [0, 0.1) is 23.7 Å². The monoisotopic (exact) mass is 634 g/mol. The maximum absolute atomic E-state index is 14.0. The third kappa shape index (κ3) is 8.85. The fourth-order valence-corrected chi connectivity index (χ4v) is 5.89. The molecule has 1 unspecified atom stereocenters. The molecule has 2 heterocycles. The lowest BCUT2D eigenvalue weighted by atomic mass is 9.97. The van der Waals surface area contributed by atoms with E-state index >= 15 is 0 Å². The van der Waals surface area contributed by atoms with Crippen LogP contribution in [-0.4, -0.2) is 101 Å². The number of likely N-dealkylation sites (tertiary alicyclic amines) is 1. The first-order chi connectivity index (χ1) is 21.0. The molecule has 2 aliphatic heterocycles. The van der Waals surface area contributed by atoms with E-state index in [2.05, 4.69) is 5.32 Å². The van der Waals surface area contributed by atoms with E-state index in [-0.39, 0.29) is 29.6 Å². The van der Waals surface area contributed by atoms with Crippen LogP contribution >= 0.6 is 0 Å². The van der Waals surface area contributed by atoms with Gasteiger partial charge in [-0.25, -0.2) is 4.79 Å². The minimum Gasteiger partial charge on any atom is -0.499 e. The fraction of sp³-hybridized carbons (Fsp3) is 0.758. The predicted molar refractivity (Wildman–Crippen MR) is 168 cm³/mol. The van der Waals surface area contributed by atoms with Gasteiger partial charge in [0, 0.05) is 32.5 Å². The third-order valence-corrected chi connectivity index (χ3v) is 8.82. The van der Waals surface area contributed by atoms with E-state index in [4.69, 9.17) is 9.47 Å². The van der Waals surface area contributed by atoms with E-state index in [1.165, 1.54) is 41.9 Å². The number of carbonyl (C=O) groups is 6. The molecule has 1 fully saturated rings. The molecule has 0 aromatic heterocycles. The summed E-state index contributed by atoms with van der Waals surface area (Å²) in [5, 5.41) is 2.82. The Morgan fingerprint density at radius 2 is 1.69 bits per heavy atom. The molecule has 12 nitrogen and oxygen atoms in total. The summed E-state index contributed by atoms with van der Waals surface area (Å²) < 4.78 is 11.2. The van der Waals surface area contributed by atoms with Crippen LogP contribution in [0.15, 0.2) is 11.8 Å². The summed E-state index contributed by atoms with van der Waals surface area (Å²) in [6, 6.07) is -3.31. The summed E-state index contributed by atoms with van der Waals surface area (Å²) in [7, 11) is 2.99. The van der Waals surface area contributed by atoms with Crippen molar-refractivity contribution >= 4 is 35.5 Å². The Bertz CT molecular complexity index is 1150. The molecule has 0 aromatic rings. The van der Waals surface area contributed by atoms with Crippen LogP contribution in [0.2, 0.25) is 0 Å². The van der Waals surface area contributed by atoms with E-state index < -0.39 is 59.9 Å². The third-order valence-electron chi connectivity index (χ3n) is 8.82. The van der Waals surface area contributed by atoms with Crippen molar-refractivity contribution < 1.29 is 38.2 Å². The Labute approximate surface area is 268 Å². The zero-order valence-corrected chi connectivity index (χ0v) is 28.9. The molecule has 1 saturated heterocycles. The second-order valence-electron chi connectivity index (χ2n) is 13.4. The van der Waals surface area contributed by atoms with Crippen LogP contribution in [0.4, 0.5) is 0 Å². The molecule has 0 saturated carbocycles. The van der Waals surface area contributed by atoms with Gasteiger partial charge in [0.2, 0.25) is 11.8 Å². The number of nitrogens with zero attached hydrogens (tertiary/aromatic N) is 3. The molecule has 2 aliphatic rings. The molecule has 0 aliphatic carbocycles. The lowest BCUT2D eigenvalue weighted by Gasteiger charge is -2.35. The Kier molecular flexibility index (Phi) is 13.6. The maximum Gasteiger partial charge on any atom is 0.329 e. The minimum atomic E-state index is -1.20. The van der Waals surface area contributed by atoms with Crippen LogP contribution in [0.5, 0.6) is 0 Å². The van der Waals surface area contributed by atoms with Crippen molar-refractivity contribution in [2.45, 2.75) is 118 Å². The normalized spacial score (nSPS) is 21.0. The Hall–Kier alpha value is -3.44. The molecular formula is C33H54N4O8. The molecule has 6 atom stereocenters. The second-order valence-corrected chi connectivity index (χ2v) is 13.4. The highest BCUT2D eigenvalue weighted by Gasteiger charge is 2.47. The second kappa shape index (κ2) is 16.2. The number of hydrogen-bond donors (Lipinski definition) is 1. The van der Waals surface area contributed by atoms with Crippen molar-refractivity contribution in [3.63, 3.8) is 0 Å². The number of carbonyl (C=O) groups excluding carboxylic acids is 6. The highest BCUT2D eigenvalue weighted by atomic mass is 16.6. The van der Waals surface area contributed by atoms with Gasteiger partial charge in [0.1, 0.15) is 23.9 Å². The Morgan fingerprint density at radius 1 is 1.07 bits per heavy atom. The summed E-state index contributed by atoms with van der Waals surface area (Å²) >= 11 is 0. The molecule has 0 bridgehead atoms. The summed E-state index contributed by atoms with van der Waals surface area (Å²) in [6.07, 6.45) is 1.94. The van der Waals surface area contributed by atoms with Crippen LogP contribution < -0.4 is 5.32 Å². The lowest BCUT2D eigenvalue weighted by molar-refractivity contribution is -0.166. The van der Waals surface area contributed by atoms with Gasteiger partial charge in [-0.1, -0.05) is 55.4 Å². The van der Waals surface area contributed by atoms with Gasteiger partial charge in [-0.05, 0) is 43.4 Å². The smallest absolute Gasteiger partial charge is 0.329 e. The molecule has 0 aromatic carbocycles. The van der Waals surface area contributed by atoms with Crippen molar-refractivity contribution in [3.8, 4) is 0 Å². The van der Waals surface area contributed by atoms with Gasteiger partial charge < -0.3 is 24.6 Å². The predicted octanol–water partition coefficient (Wildman–Crippen LogP) is 2.89. The average Bonchev–Trinajstić information content (AvgIpc) is 3.60. The van der Waals surface area contributed by atoms with Gasteiger partial charge in [-0.3, -0.25) is 28.9 Å². The van der Waals surface area contributed by atoms with Crippen molar-refractivity contribution in [3.05, 3.63) is 11.8 Å². The molecule has 0 spiro atoms. The minimum absolute atomic E-state index is 0.0859. The number of hydrogen-bond acceptors (Lipinski definition) is 8. The van der Waals surface area contributed by atoms with E-state index in [1.807, 2.05) is 34.6 Å². The van der Waals surface area contributed by atoms with E-state index in [0.717, 1.165) is 0 Å². The van der Waals surface area contributed by atoms with Crippen LogP contribution in [0.1, 0.15) is 88.0 Å². The highest BCUT2D eigenvalue weighted by Crippen LogP contribution is 2.31. The van der Waals surface area contributed by atoms with Crippen LogP contribution in [-0.2, 0) is 38.2 Å². The number of imide groups is 1. The van der Waals surface area contributed by atoms with Gasteiger partial charge >= 0.3 is 5.97 Å². The molecule has 254 valence electrons. The van der Waals surface area contributed by atoms with Crippen molar-refractivity contribution in [1.82, 2.24) is 20.0 Å². The first kappa shape index (κ1) is 37.7. The highest BCUT2D eigenvalue weighted by molar-refractivity contribution is 6.07. The Morgan fingerprint density at radius 3 is 2.18 bits per heavy atom.